The zero-order chi connectivity index (χ0) is 15.6. The number of nitrogens with zero attached hydrogens (tertiary/aromatic N) is 1. The second kappa shape index (κ2) is 6.38. The molecule has 2 heterocycles. The number of furan rings is 1. The first kappa shape index (κ1) is 14.8. The van der Waals surface area contributed by atoms with E-state index in [1.54, 1.807) is 0 Å². The van der Waals surface area contributed by atoms with E-state index in [9.17, 15) is 0 Å². The van der Waals surface area contributed by atoms with E-state index in [4.69, 9.17) is 9.15 Å². The van der Waals surface area contributed by atoms with Gasteiger partial charge in [0, 0.05) is 29.4 Å². The number of ether oxygens (including phenoxy) is 1. The molecule has 1 aromatic heterocycles. The van der Waals surface area contributed by atoms with E-state index < -0.39 is 0 Å². The SMILES string of the molecule is Brc1ccc2oc(Cc3ccccc3)c(N3CCOCC3)c2c1. The van der Waals surface area contributed by atoms with Gasteiger partial charge in [-0.1, -0.05) is 46.3 Å². The summed E-state index contributed by atoms with van der Waals surface area (Å²) in [5, 5.41) is 1.17. The molecule has 0 N–H and O–H groups in total. The average molecular weight is 372 g/mol. The Hall–Kier alpha value is -1.78. The summed E-state index contributed by atoms with van der Waals surface area (Å²) >= 11 is 3.58. The first-order valence-electron chi connectivity index (χ1n) is 7.89. The summed E-state index contributed by atoms with van der Waals surface area (Å²) in [6.07, 6.45) is 0.805. The van der Waals surface area contributed by atoms with Crippen molar-refractivity contribution in [2.45, 2.75) is 6.42 Å². The van der Waals surface area contributed by atoms with Crippen molar-refractivity contribution < 1.29 is 9.15 Å². The summed E-state index contributed by atoms with van der Waals surface area (Å²) in [6, 6.07) is 16.7. The van der Waals surface area contributed by atoms with Gasteiger partial charge in [0.15, 0.2) is 0 Å². The van der Waals surface area contributed by atoms with E-state index in [0.717, 1.165) is 48.5 Å². The Kier molecular flexibility index (Phi) is 4.10. The number of rotatable bonds is 3. The first-order valence-corrected chi connectivity index (χ1v) is 8.68. The van der Waals surface area contributed by atoms with Crippen LogP contribution in [0, 0.1) is 0 Å². The molecule has 0 radical (unpaired) electrons. The minimum absolute atomic E-state index is 0.769. The lowest BCUT2D eigenvalue weighted by molar-refractivity contribution is 0.122. The maximum Gasteiger partial charge on any atom is 0.136 e. The highest BCUT2D eigenvalue weighted by Gasteiger charge is 2.22. The third kappa shape index (κ3) is 3.01. The second-order valence-corrected chi connectivity index (χ2v) is 6.69. The van der Waals surface area contributed by atoms with Crippen molar-refractivity contribution in [3.8, 4) is 0 Å². The van der Waals surface area contributed by atoms with E-state index in [1.807, 2.05) is 18.2 Å². The number of hydrogen-bond acceptors (Lipinski definition) is 3. The highest BCUT2D eigenvalue weighted by atomic mass is 79.9. The molecule has 1 saturated heterocycles. The molecule has 0 saturated carbocycles. The minimum Gasteiger partial charge on any atom is -0.458 e. The number of fused-ring (bicyclic) bond motifs is 1. The third-order valence-electron chi connectivity index (χ3n) is 4.23. The van der Waals surface area contributed by atoms with Gasteiger partial charge in [-0.3, -0.25) is 0 Å². The zero-order valence-electron chi connectivity index (χ0n) is 12.8. The van der Waals surface area contributed by atoms with Crippen molar-refractivity contribution in [2.24, 2.45) is 0 Å². The maximum atomic E-state index is 6.21. The van der Waals surface area contributed by atoms with Crippen molar-refractivity contribution >= 4 is 32.6 Å². The van der Waals surface area contributed by atoms with Crippen LogP contribution in [0.3, 0.4) is 0 Å². The molecule has 1 fully saturated rings. The van der Waals surface area contributed by atoms with Gasteiger partial charge in [0.2, 0.25) is 0 Å². The lowest BCUT2D eigenvalue weighted by atomic mass is 10.1. The molecule has 118 valence electrons. The lowest BCUT2D eigenvalue weighted by Crippen LogP contribution is -2.36. The van der Waals surface area contributed by atoms with Crippen LogP contribution in [0.4, 0.5) is 5.69 Å². The fourth-order valence-electron chi connectivity index (χ4n) is 3.14. The van der Waals surface area contributed by atoms with Crippen LogP contribution in [0.2, 0.25) is 0 Å². The largest absolute Gasteiger partial charge is 0.458 e. The van der Waals surface area contributed by atoms with Gasteiger partial charge in [-0.15, -0.1) is 0 Å². The van der Waals surface area contributed by atoms with E-state index in [0.29, 0.717) is 0 Å². The summed E-state index contributed by atoms with van der Waals surface area (Å²) in [4.78, 5) is 2.39. The van der Waals surface area contributed by atoms with Crippen LogP contribution in [-0.2, 0) is 11.2 Å². The van der Waals surface area contributed by atoms with E-state index >= 15 is 0 Å². The molecule has 0 aliphatic carbocycles. The molecule has 1 aliphatic rings. The molecular formula is C19H18BrNO2. The summed E-state index contributed by atoms with van der Waals surface area (Å²) < 4.78 is 12.8. The van der Waals surface area contributed by atoms with Crippen molar-refractivity contribution in [1.29, 1.82) is 0 Å². The molecule has 2 aromatic carbocycles. The Morgan fingerprint density at radius 1 is 1.00 bits per heavy atom. The highest BCUT2D eigenvalue weighted by molar-refractivity contribution is 9.10. The predicted octanol–water partition coefficient (Wildman–Crippen LogP) is 4.62. The zero-order valence-corrected chi connectivity index (χ0v) is 14.4. The molecule has 1 aliphatic heterocycles. The Morgan fingerprint density at radius 2 is 1.78 bits per heavy atom. The molecule has 0 unspecified atom stereocenters. The van der Waals surface area contributed by atoms with Crippen molar-refractivity contribution in [3.05, 3.63) is 64.3 Å². The van der Waals surface area contributed by atoms with E-state index in [-0.39, 0.29) is 0 Å². The van der Waals surface area contributed by atoms with E-state index in [1.165, 1.54) is 16.6 Å². The quantitative estimate of drug-likeness (QED) is 0.671. The van der Waals surface area contributed by atoms with Crippen molar-refractivity contribution in [1.82, 2.24) is 0 Å². The van der Waals surface area contributed by atoms with Crippen LogP contribution in [0.15, 0.2) is 57.4 Å². The monoisotopic (exact) mass is 371 g/mol. The van der Waals surface area contributed by atoms with Gasteiger partial charge >= 0.3 is 0 Å². The molecule has 3 aromatic rings. The maximum absolute atomic E-state index is 6.21. The van der Waals surface area contributed by atoms with Crippen LogP contribution in [-0.4, -0.2) is 26.3 Å². The minimum atomic E-state index is 0.769. The van der Waals surface area contributed by atoms with Crippen molar-refractivity contribution in [3.63, 3.8) is 0 Å². The van der Waals surface area contributed by atoms with Gasteiger partial charge in [0.25, 0.3) is 0 Å². The summed E-state index contributed by atoms with van der Waals surface area (Å²) in [6.45, 7) is 3.35. The normalized spacial score (nSPS) is 15.3. The topological polar surface area (TPSA) is 25.6 Å². The molecule has 23 heavy (non-hydrogen) atoms. The van der Waals surface area contributed by atoms with Crippen LogP contribution in [0.5, 0.6) is 0 Å². The Morgan fingerprint density at radius 3 is 2.57 bits per heavy atom. The molecule has 0 spiro atoms. The van der Waals surface area contributed by atoms with Gasteiger partial charge in [0.1, 0.15) is 11.3 Å². The fraction of sp³-hybridized carbons (Fsp3) is 0.263. The molecule has 0 amide bonds. The third-order valence-corrected chi connectivity index (χ3v) is 4.72. The standard InChI is InChI=1S/C19H18BrNO2/c20-15-6-7-17-16(13-15)19(21-8-10-22-11-9-21)18(23-17)12-14-4-2-1-3-5-14/h1-7,13H,8-12H2. The summed E-state index contributed by atoms with van der Waals surface area (Å²) in [7, 11) is 0. The van der Waals surface area contributed by atoms with Gasteiger partial charge in [-0.2, -0.15) is 0 Å². The first-order chi connectivity index (χ1) is 11.3. The number of benzene rings is 2. The van der Waals surface area contributed by atoms with Crippen LogP contribution < -0.4 is 4.90 Å². The number of morpholine rings is 1. The lowest BCUT2D eigenvalue weighted by Gasteiger charge is -2.29. The Labute approximate surface area is 144 Å². The molecule has 4 heteroatoms. The summed E-state index contributed by atoms with van der Waals surface area (Å²) in [5.41, 5.74) is 3.43. The van der Waals surface area contributed by atoms with Gasteiger partial charge in [0.05, 0.1) is 18.9 Å². The highest BCUT2D eigenvalue weighted by Crippen LogP contribution is 2.37. The number of halogens is 1. The average Bonchev–Trinajstić information content (AvgIpc) is 2.93. The number of hydrogen-bond donors (Lipinski definition) is 0. The fourth-order valence-corrected chi connectivity index (χ4v) is 3.50. The molecular weight excluding hydrogens is 354 g/mol. The van der Waals surface area contributed by atoms with Gasteiger partial charge in [-0.25, -0.2) is 0 Å². The molecule has 4 rings (SSSR count). The van der Waals surface area contributed by atoms with Crippen LogP contribution >= 0.6 is 15.9 Å². The smallest absolute Gasteiger partial charge is 0.136 e. The molecule has 0 bridgehead atoms. The Balaban J connectivity index is 1.81. The second-order valence-electron chi connectivity index (χ2n) is 5.78. The van der Waals surface area contributed by atoms with Gasteiger partial charge < -0.3 is 14.1 Å². The van der Waals surface area contributed by atoms with Crippen LogP contribution in [0.1, 0.15) is 11.3 Å². The molecule has 0 atom stereocenters. The number of anilines is 1. The van der Waals surface area contributed by atoms with E-state index in [2.05, 4.69) is 51.2 Å². The summed E-state index contributed by atoms with van der Waals surface area (Å²) in [5.74, 6) is 1.03. The van der Waals surface area contributed by atoms with Crippen LogP contribution in [0.25, 0.3) is 11.0 Å². The van der Waals surface area contributed by atoms with Gasteiger partial charge in [-0.05, 0) is 23.8 Å². The predicted molar refractivity (Wildman–Crippen MR) is 96.2 cm³/mol. The van der Waals surface area contributed by atoms with Crippen molar-refractivity contribution in [2.75, 3.05) is 31.2 Å². The Bertz CT molecular complexity index is 807. The molecule has 3 nitrogen and oxygen atoms in total.